The van der Waals surface area contributed by atoms with Crippen molar-refractivity contribution >= 4 is 0 Å². The van der Waals surface area contributed by atoms with Gasteiger partial charge in [-0.1, -0.05) is 40.0 Å². The Hall–Kier alpha value is -0.0800. The molecule has 4 atom stereocenters. The molecule has 1 aliphatic rings. The Morgan fingerprint density at radius 3 is 2.67 bits per heavy atom. The molecule has 0 spiro atoms. The number of hydrogen-bond acceptors (Lipinski definition) is 2. The van der Waals surface area contributed by atoms with E-state index >= 15 is 0 Å². The predicted molar refractivity (Wildman–Crippen MR) is 64.9 cm³/mol. The number of rotatable bonds is 5. The lowest BCUT2D eigenvalue weighted by molar-refractivity contribution is 0.171. The highest BCUT2D eigenvalue weighted by Gasteiger charge is 2.23. The molecular formula is C13H27NO. The quantitative estimate of drug-likeness (QED) is 0.735. The number of aliphatic hydroxyl groups excluding tert-OH is 1. The molecule has 0 heterocycles. The first kappa shape index (κ1) is 13.0. The SMILES string of the molecule is CCC(C)C(CO)NC1CCCC(C)C1. The summed E-state index contributed by atoms with van der Waals surface area (Å²) in [5.74, 6) is 1.43. The van der Waals surface area contributed by atoms with E-state index in [1.54, 1.807) is 0 Å². The monoisotopic (exact) mass is 213 g/mol. The lowest BCUT2D eigenvalue weighted by atomic mass is 9.86. The van der Waals surface area contributed by atoms with Crippen LogP contribution in [0.3, 0.4) is 0 Å². The molecule has 4 unspecified atom stereocenters. The van der Waals surface area contributed by atoms with E-state index in [4.69, 9.17) is 0 Å². The van der Waals surface area contributed by atoms with Crippen LogP contribution in [0.1, 0.15) is 52.9 Å². The second-order valence-electron chi connectivity index (χ2n) is 5.31. The summed E-state index contributed by atoms with van der Waals surface area (Å²) >= 11 is 0. The summed E-state index contributed by atoms with van der Waals surface area (Å²) < 4.78 is 0. The van der Waals surface area contributed by atoms with Crippen LogP contribution in [0.25, 0.3) is 0 Å². The van der Waals surface area contributed by atoms with Gasteiger partial charge in [0.05, 0.1) is 6.61 Å². The molecule has 0 radical (unpaired) electrons. The van der Waals surface area contributed by atoms with Crippen molar-refractivity contribution in [1.29, 1.82) is 0 Å². The molecule has 2 heteroatoms. The van der Waals surface area contributed by atoms with Crippen molar-refractivity contribution in [3.05, 3.63) is 0 Å². The van der Waals surface area contributed by atoms with Crippen LogP contribution >= 0.6 is 0 Å². The number of aliphatic hydroxyl groups is 1. The summed E-state index contributed by atoms with van der Waals surface area (Å²) in [4.78, 5) is 0. The summed E-state index contributed by atoms with van der Waals surface area (Å²) in [5.41, 5.74) is 0. The molecule has 0 aromatic carbocycles. The number of hydrogen-bond donors (Lipinski definition) is 2. The Bertz CT molecular complexity index is 172. The fourth-order valence-electron chi connectivity index (χ4n) is 2.57. The normalized spacial score (nSPS) is 31.2. The Labute approximate surface area is 94.5 Å². The van der Waals surface area contributed by atoms with Crippen molar-refractivity contribution in [2.24, 2.45) is 11.8 Å². The molecule has 1 saturated carbocycles. The first-order chi connectivity index (χ1) is 7.17. The van der Waals surface area contributed by atoms with E-state index < -0.39 is 0 Å². The van der Waals surface area contributed by atoms with Gasteiger partial charge in [-0.05, 0) is 24.7 Å². The van der Waals surface area contributed by atoms with E-state index in [1.807, 2.05) is 0 Å². The molecule has 1 fully saturated rings. The van der Waals surface area contributed by atoms with Crippen LogP contribution in [0.2, 0.25) is 0 Å². The molecule has 1 rings (SSSR count). The van der Waals surface area contributed by atoms with Crippen molar-refractivity contribution in [2.75, 3.05) is 6.61 Å². The van der Waals surface area contributed by atoms with Gasteiger partial charge in [-0.2, -0.15) is 0 Å². The fourth-order valence-corrected chi connectivity index (χ4v) is 2.57. The zero-order chi connectivity index (χ0) is 11.3. The van der Waals surface area contributed by atoms with Crippen LogP contribution in [0.4, 0.5) is 0 Å². The van der Waals surface area contributed by atoms with Crippen LogP contribution < -0.4 is 5.32 Å². The van der Waals surface area contributed by atoms with Crippen LogP contribution in [-0.4, -0.2) is 23.8 Å². The molecule has 0 aliphatic heterocycles. The van der Waals surface area contributed by atoms with Crippen molar-refractivity contribution < 1.29 is 5.11 Å². The van der Waals surface area contributed by atoms with E-state index in [0.717, 1.165) is 12.3 Å². The average Bonchev–Trinajstić information content (AvgIpc) is 2.25. The Morgan fingerprint density at radius 1 is 1.40 bits per heavy atom. The first-order valence-corrected chi connectivity index (χ1v) is 6.54. The van der Waals surface area contributed by atoms with Gasteiger partial charge in [0.1, 0.15) is 0 Å². The largest absolute Gasteiger partial charge is 0.395 e. The second kappa shape index (κ2) is 6.49. The van der Waals surface area contributed by atoms with Crippen LogP contribution in [-0.2, 0) is 0 Å². The maximum absolute atomic E-state index is 9.36. The second-order valence-corrected chi connectivity index (χ2v) is 5.31. The molecule has 0 saturated heterocycles. The molecule has 0 bridgehead atoms. The highest BCUT2D eigenvalue weighted by Crippen LogP contribution is 2.24. The van der Waals surface area contributed by atoms with Crippen molar-refractivity contribution in [1.82, 2.24) is 5.32 Å². The lowest BCUT2D eigenvalue weighted by Crippen LogP contribution is -2.45. The Kier molecular flexibility index (Phi) is 5.62. The van der Waals surface area contributed by atoms with E-state index in [-0.39, 0.29) is 6.61 Å². The topological polar surface area (TPSA) is 32.3 Å². The molecule has 2 nitrogen and oxygen atoms in total. The predicted octanol–water partition coefficient (Wildman–Crippen LogP) is 2.56. The third kappa shape index (κ3) is 4.12. The standard InChI is InChI=1S/C13H27NO/c1-4-11(3)13(9-15)14-12-7-5-6-10(2)8-12/h10-15H,4-9H2,1-3H3. The summed E-state index contributed by atoms with van der Waals surface area (Å²) in [5, 5.41) is 13.0. The Balaban J connectivity index is 2.36. The van der Waals surface area contributed by atoms with E-state index in [9.17, 15) is 5.11 Å². The molecule has 0 amide bonds. The smallest absolute Gasteiger partial charge is 0.0587 e. The highest BCUT2D eigenvalue weighted by atomic mass is 16.3. The minimum absolute atomic E-state index is 0.278. The molecule has 0 aromatic heterocycles. The van der Waals surface area contributed by atoms with Gasteiger partial charge >= 0.3 is 0 Å². The molecule has 90 valence electrons. The van der Waals surface area contributed by atoms with Crippen molar-refractivity contribution in [2.45, 2.75) is 65.0 Å². The van der Waals surface area contributed by atoms with Gasteiger partial charge in [-0.3, -0.25) is 0 Å². The van der Waals surface area contributed by atoms with Gasteiger partial charge in [-0.25, -0.2) is 0 Å². The summed E-state index contributed by atoms with van der Waals surface area (Å²) in [7, 11) is 0. The van der Waals surface area contributed by atoms with Gasteiger partial charge in [0.25, 0.3) is 0 Å². The average molecular weight is 213 g/mol. The Morgan fingerprint density at radius 2 is 2.13 bits per heavy atom. The third-order valence-electron chi connectivity index (χ3n) is 3.91. The molecule has 15 heavy (non-hydrogen) atoms. The van der Waals surface area contributed by atoms with Crippen molar-refractivity contribution in [3.63, 3.8) is 0 Å². The van der Waals surface area contributed by atoms with Gasteiger partial charge in [0.2, 0.25) is 0 Å². The highest BCUT2D eigenvalue weighted by molar-refractivity contribution is 4.81. The minimum atomic E-state index is 0.278. The van der Waals surface area contributed by atoms with Gasteiger partial charge in [0, 0.05) is 12.1 Å². The fraction of sp³-hybridized carbons (Fsp3) is 1.00. The maximum atomic E-state index is 9.36. The van der Waals surface area contributed by atoms with Crippen LogP contribution in [0.5, 0.6) is 0 Å². The van der Waals surface area contributed by atoms with E-state index in [1.165, 1.54) is 25.7 Å². The maximum Gasteiger partial charge on any atom is 0.0587 e. The van der Waals surface area contributed by atoms with Crippen molar-refractivity contribution in [3.8, 4) is 0 Å². The summed E-state index contributed by atoms with van der Waals surface area (Å²) in [6.07, 6.45) is 6.44. The number of nitrogens with one attached hydrogen (secondary N) is 1. The van der Waals surface area contributed by atoms with Crippen LogP contribution in [0, 0.1) is 11.8 Å². The van der Waals surface area contributed by atoms with E-state index in [0.29, 0.717) is 18.0 Å². The van der Waals surface area contributed by atoms with Gasteiger partial charge in [0.15, 0.2) is 0 Å². The summed E-state index contributed by atoms with van der Waals surface area (Å²) in [6.45, 7) is 7.03. The molecule has 0 aromatic rings. The van der Waals surface area contributed by atoms with Gasteiger partial charge in [-0.15, -0.1) is 0 Å². The van der Waals surface area contributed by atoms with Crippen LogP contribution in [0.15, 0.2) is 0 Å². The third-order valence-corrected chi connectivity index (χ3v) is 3.91. The lowest BCUT2D eigenvalue weighted by Gasteiger charge is -2.33. The summed E-state index contributed by atoms with van der Waals surface area (Å²) in [6, 6.07) is 0.935. The van der Waals surface area contributed by atoms with E-state index in [2.05, 4.69) is 26.1 Å². The minimum Gasteiger partial charge on any atom is -0.395 e. The molecule has 2 N–H and O–H groups in total. The zero-order valence-corrected chi connectivity index (χ0v) is 10.5. The zero-order valence-electron chi connectivity index (χ0n) is 10.5. The molecular weight excluding hydrogens is 186 g/mol. The first-order valence-electron chi connectivity index (χ1n) is 6.54. The van der Waals surface area contributed by atoms with Gasteiger partial charge < -0.3 is 10.4 Å². The molecule has 1 aliphatic carbocycles.